The summed E-state index contributed by atoms with van der Waals surface area (Å²) in [4.78, 5) is 0. The summed E-state index contributed by atoms with van der Waals surface area (Å²) in [6, 6.07) is 17.6. The Morgan fingerprint density at radius 2 is 1.29 bits per heavy atom. The Bertz CT molecular complexity index is 724. The van der Waals surface area contributed by atoms with E-state index in [1.807, 2.05) is 0 Å². The number of rotatable bonds is 13. The van der Waals surface area contributed by atoms with Crippen molar-refractivity contribution in [2.45, 2.75) is 90.9 Å². The van der Waals surface area contributed by atoms with E-state index in [9.17, 15) is 5.26 Å². The maximum Gasteiger partial charge on any atom is 0.0997 e. The van der Waals surface area contributed by atoms with Crippen LogP contribution in [-0.2, 0) is 12.8 Å². The molecule has 0 bridgehead atoms. The summed E-state index contributed by atoms with van der Waals surface area (Å²) in [5.74, 6) is 0. The van der Waals surface area contributed by atoms with E-state index < -0.39 is 0 Å². The molecular formula is C27H37N. The quantitative estimate of drug-likeness (QED) is 0.323. The Morgan fingerprint density at radius 3 is 1.96 bits per heavy atom. The van der Waals surface area contributed by atoms with Crippen molar-refractivity contribution in [3.63, 3.8) is 0 Å². The molecule has 2 rings (SSSR count). The van der Waals surface area contributed by atoms with Crippen molar-refractivity contribution in [1.29, 1.82) is 5.26 Å². The van der Waals surface area contributed by atoms with Crippen molar-refractivity contribution >= 4 is 0 Å². The van der Waals surface area contributed by atoms with Crippen LogP contribution in [0.5, 0.6) is 0 Å². The van der Waals surface area contributed by atoms with Gasteiger partial charge in [0.1, 0.15) is 0 Å². The third-order valence-corrected chi connectivity index (χ3v) is 5.68. The van der Waals surface area contributed by atoms with Crippen molar-refractivity contribution in [2.24, 2.45) is 0 Å². The second kappa shape index (κ2) is 13.2. The van der Waals surface area contributed by atoms with Crippen LogP contribution in [-0.4, -0.2) is 0 Å². The maximum atomic E-state index is 10.00. The van der Waals surface area contributed by atoms with E-state index in [4.69, 9.17) is 0 Å². The van der Waals surface area contributed by atoms with Gasteiger partial charge in [-0.2, -0.15) is 5.26 Å². The van der Waals surface area contributed by atoms with Gasteiger partial charge in [0.25, 0.3) is 0 Å². The average molecular weight is 376 g/mol. The summed E-state index contributed by atoms with van der Waals surface area (Å²) in [7, 11) is 0. The lowest BCUT2D eigenvalue weighted by atomic mass is 9.87. The summed E-state index contributed by atoms with van der Waals surface area (Å²) >= 11 is 0. The molecule has 150 valence electrons. The molecule has 2 aromatic carbocycles. The first-order valence-corrected chi connectivity index (χ1v) is 11.4. The van der Waals surface area contributed by atoms with Gasteiger partial charge in [-0.05, 0) is 47.9 Å². The molecule has 0 fully saturated rings. The van der Waals surface area contributed by atoms with Crippen LogP contribution in [0.3, 0.4) is 0 Å². The molecule has 0 aliphatic rings. The second-order valence-electron chi connectivity index (χ2n) is 7.93. The molecule has 2 aromatic rings. The number of benzene rings is 2. The molecule has 0 radical (unpaired) electrons. The third-order valence-electron chi connectivity index (χ3n) is 5.68. The molecule has 0 aliphatic carbocycles. The fourth-order valence-electron chi connectivity index (χ4n) is 4.02. The standard InChI is InChI=1S/C27H37N/c1-3-5-7-9-10-12-18-24-20-21-25(23-16-13-11-14-17-23)26(27(24)22-28)19-15-8-6-4-2/h11,13-14,16-17,20-21H,3-10,12,15,18-19H2,1-2H3. The van der Waals surface area contributed by atoms with E-state index in [0.717, 1.165) is 18.4 Å². The molecule has 0 heterocycles. The fraction of sp³-hybridized carbons (Fsp3) is 0.519. The van der Waals surface area contributed by atoms with Gasteiger partial charge in [-0.1, -0.05) is 108 Å². The van der Waals surface area contributed by atoms with Gasteiger partial charge in [-0.3, -0.25) is 0 Å². The van der Waals surface area contributed by atoms with Crippen LogP contribution < -0.4 is 0 Å². The smallest absolute Gasteiger partial charge is 0.0997 e. The Balaban J connectivity index is 2.19. The van der Waals surface area contributed by atoms with Gasteiger partial charge in [0, 0.05) is 0 Å². The van der Waals surface area contributed by atoms with Crippen LogP contribution in [0.2, 0.25) is 0 Å². The minimum Gasteiger partial charge on any atom is -0.192 e. The Morgan fingerprint density at radius 1 is 0.679 bits per heavy atom. The lowest BCUT2D eigenvalue weighted by Gasteiger charge is -2.16. The first-order chi connectivity index (χ1) is 13.8. The summed E-state index contributed by atoms with van der Waals surface area (Å²) in [6.07, 6.45) is 14.8. The zero-order valence-corrected chi connectivity index (χ0v) is 18.0. The van der Waals surface area contributed by atoms with E-state index in [2.05, 4.69) is 62.4 Å². The summed E-state index contributed by atoms with van der Waals surface area (Å²) < 4.78 is 0. The highest BCUT2D eigenvalue weighted by molar-refractivity contribution is 5.71. The number of unbranched alkanes of at least 4 members (excludes halogenated alkanes) is 8. The van der Waals surface area contributed by atoms with Crippen LogP contribution in [0.1, 0.15) is 94.7 Å². The molecule has 0 N–H and O–H groups in total. The van der Waals surface area contributed by atoms with Crippen LogP contribution in [0.25, 0.3) is 11.1 Å². The van der Waals surface area contributed by atoms with Crippen LogP contribution in [0.4, 0.5) is 0 Å². The highest BCUT2D eigenvalue weighted by atomic mass is 14.3. The topological polar surface area (TPSA) is 23.8 Å². The summed E-state index contributed by atoms with van der Waals surface area (Å²) in [5, 5.41) is 10.00. The molecule has 0 atom stereocenters. The van der Waals surface area contributed by atoms with Gasteiger partial charge >= 0.3 is 0 Å². The van der Waals surface area contributed by atoms with Gasteiger partial charge in [-0.25, -0.2) is 0 Å². The Kier molecular flexibility index (Phi) is 10.4. The van der Waals surface area contributed by atoms with Gasteiger partial charge < -0.3 is 0 Å². The summed E-state index contributed by atoms with van der Waals surface area (Å²) in [6.45, 7) is 4.51. The van der Waals surface area contributed by atoms with Gasteiger partial charge in [0.05, 0.1) is 11.6 Å². The van der Waals surface area contributed by atoms with Crippen molar-refractivity contribution in [2.75, 3.05) is 0 Å². The van der Waals surface area contributed by atoms with E-state index in [0.29, 0.717) is 0 Å². The minimum atomic E-state index is 0.950. The highest BCUT2D eigenvalue weighted by Gasteiger charge is 2.14. The Labute approximate surface area is 172 Å². The number of nitrogens with zero attached hydrogens (tertiary/aromatic N) is 1. The fourth-order valence-corrected chi connectivity index (χ4v) is 4.02. The molecule has 0 saturated carbocycles. The van der Waals surface area contributed by atoms with Crippen molar-refractivity contribution in [3.05, 3.63) is 59.2 Å². The monoisotopic (exact) mass is 375 g/mol. The largest absolute Gasteiger partial charge is 0.192 e. The molecule has 0 amide bonds. The molecule has 0 aliphatic heterocycles. The van der Waals surface area contributed by atoms with E-state index >= 15 is 0 Å². The molecule has 0 aromatic heterocycles. The minimum absolute atomic E-state index is 0.950. The second-order valence-corrected chi connectivity index (χ2v) is 7.93. The predicted octanol–water partition coefficient (Wildman–Crippen LogP) is 8.25. The molecule has 1 nitrogen and oxygen atoms in total. The third kappa shape index (κ3) is 6.83. The molecular weight excluding hydrogens is 338 g/mol. The number of hydrogen-bond donors (Lipinski definition) is 0. The SMILES string of the molecule is CCCCCCCCc1ccc(-c2ccccc2)c(CCCCCC)c1C#N. The average Bonchev–Trinajstić information content (AvgIpc) is 2.74. The van der Waals surface area contributed by atoms with Gasteiger partial charge in [0.15, 0.2) is 0 Å². The van der Waals surface area contributed by atoms with Crippen molar-refractivity contribution in [3.8, 4) is 17.2 Å². The molecule has 1 heteroatoms. The number of nitriles is 1. The first kappa shape index (κ1) is 22.2. The van der Waals surface area contributed by atoms with Crippen LogP contribution in [0.15, 0.2) is 42.5 Å². The molecule has 0 unspecified atom stereocenters. The van der Waals surface area contributed by atoms with E-state index in [1.165, 1.54) is 86.5 Å². The zero-order valence-electron chi connectivity index (χ0n) is 18.0. The number of hydrogen-bond acceptors (Lipinski definition) is 1. The first-order valence-electron chi connectivity index (χ1n) is 11.4. The van der Waals surface area contributed by atoms with Gasteiger partial charge in [-0.15, -0.1) is 0 Å². The number of aryl methyl sites for hydroxylation is 1. The lowest BCUT2D eigenvalue weighted by molar-refractivity contribution is 0.607. The molecule has 0 spiro atoms. The van der Waals surface area contributed by atoms with Gasteiger partial charge in [0.2, 0.25) is 0 Å². The van der Waals surface area contributed by atoms with Crippen LogP contribution >= 0.6 is 0 Å². The van der Waals surface area contributed by atoms with Crippen molar-refractivity contribution in [1.82, 2.24) is 0 Å². The predicted molar refractivity (Wildman–Crippen MR) is 122 cm³/mol. The highest BCUT2D eigenvalue weighted by Crippen LogP contribution is 2.30. The maximum absolute atomic E-state index is 10.00. The van der Waals surface area contributed by atoms with Crippen molar-refractivity contribution < 1.29 is 0 Å². The normalized spacial score (nSPS) is 10.8. The zero-order chi connectivity index (χ0) is 20.0. The lowest BCUT2D eigenvalue weighted by Crippen LogP contribution is -2.01. The Hall–Kier alpha value is -2.07. The van der Waals surface area contributed by atoms with E-state index in [1.54, 1.807) is 0 Å². The summed E-state index contributed by atoms with van der Waals surface area (Å²) in [5.41, 5.74) is 5.96. The van der Waals surface area contributed by atoms with Crippen LogP contribution in [0, 0.1) is 11.3 Å². The molecule has 28 heavy (non-hydrogen) atoms. The van der Waals surface area contributed by atoms with E-state index in [-0.39, 0.29) is 0 Å². The molecule has 0 saturated heterocycles.